The molecule has 24 heavy (non-hydrogen) atoms. The summed E-state index contributed by atoms with van der Waals surface area (Å²) in [5, 5.41) is 5.85. The number of rotatable bonds is 8. The number of benzene rings is 1. The largest absolute Gasteiger partial charge is 0.355 e. The third kappa shape index (κ3) is 5.49. The molecule has 0 radical (unpaired) electrons. The van der Waals surface area contributed by atoms with Crippen LogP contribution in [0.2, 0.25) is 0 Å². The molecule has 1 aromatic carbocycles. The standard InChI is InChI=1S/C18H27N3O2.ClH/c1-3-4-5-14-6-8-16(9-7-14)21-13-15(12-17(21)22)18(23)20-11-10-19-2;/h6-9,15,19H,3-5,10-13H2,1-2H3,(H,20,23);1H. The molecule has 0 aliphatic carbocycles. The Balaban J connectivity index is 0.00000288. The lowest BCUT2D eigenvalue weighted by molar-refractivity contribution is -0.126. The number of unbranched alkanes of at least 4 members (excludes halogenated alkanes) is 1. The summed E-state index contributed by atoms with van der Waals surface area (Å²) in [7, 11) is 1.84. The summed E-state index contributed by atoms with van der Waals surface area (Å²) in [6.07, 6.45) is 3.72. The lowest BCUT2D eigenvalue weighted by atomic mass is 10.1. The molecule has 1 heterocycles. The highest BCUT2D eigenvalue weighted by atomic mass is 35.5. The number of anilines is 1. The van der Waals surface area contributed by atoms with Crippen LogP contribution < -0.4 is 15.5 Å². The van der Waals surface area contributed by atoms with Gasteiger partial charge in [0.15, 0.2) is 0 Å². The van der Waals surface area contributed by atoms with Crippen LogP contribution in [0, 0.1) is 5.92 Å². The fourth-order valence-corrected chi connectivity index (χ4v) is 2.81. The number of hydrogen-bond donors (Lipinski definition) is 2. The summed E-state index contributed by atoms with van der Waals surface area (Å²) in [5.74, 6) is -0.255. The van der Waals surface area contributed by atoms with Gasteiger partial charge in [-0.1, -0.05) is 25.5 Å². The van der Waals surface area contributed by atoms with Gasteiger partial charge in [0.05, 0.1) is 5.92 Å². The summed E-state index contributed by atoms with van der Waals surface area (Å²) in [6.45, 7) is 3.97. The van der Waals surface area contributed by atoms with Crippen molar-refractivity contribution in [1.29, 1.82) is 0 Å². The van der Waals surface area contributed by atoms with Gasteiger partial charge in [0, 0.05) is 31.7 Å². The van der Waals surface area contributed by atoms with Gasteiger partial charge in [-0.25, -0.2) is 0 Å². The molecular weight excluding hydrogens is 326 g/mol. The second kappa shape index (κ2) is 10.3. The average molecular weight is 354 g/mol. The highest BCUT2D eigenvalue weighted by molar-refractivity contribution is 6.00. The number of aryl methyl sites for hydroxylation is 1. The third-order valence-corrected chi connectivity index (χ3v) is 4.24. The first kappa shape index (κ1) is 20.5. The lowest BCUT2D eigenvalue weighted by Crippen LogP contribution is -2.36. The molecule has 6 heteroatoms. The quantitative estimate of drug-likeness (QED) is 0.704. The normalized spacial score (nSPS) is 16.8. The topological polar surface area (TPSA) is 61.4 Å². The fraction of sp³-hybridized carbons (Fsp3) is 0.556. The number of carbonyl (C=O) groups is 2. The van der Waals surface area contributed by atoms with Crippen LogP contribution in [0.5, 0.6) is 0 Å². The Hall–Kier alpha value is -1.59. The molecule has 134 valence electrons. The van der Waals surface area contributed by atoms with E-state index in [0.717, 1.165) is 18.7 Å². The van der Waals surface area contributed by atoms with Crippen molar-refractivity contribution in [2.75, 3.05) is 31.6 Å². The molecule has 2 N–H and O–H groups in total. The van der Waals surface area contributed by atoms with Crippen molar-refractivity contribution < 1.29 is 9.59 Å². The zero-order chi connectivity index (χ0) is 16.7. The van der Waals surface area contributed by atoms with Crippen molar-refractivity contribution in [1.82, 2.24) is 10.6 Å². The van der Waals surface area contributed by atoms with E-state index in [1.165, 1.54) is 18.4 Å². The van der Waals surface area contributed by atoms with Gasteiger partial charge in [-0.3, -0.25) is 9.59 Å². The number of nitrogens with one attached hydrogen (secondary N) is 2. The van der Waals surface area contributed by atoms with Gasteiger partial charge in [-0.2, -0.15) is 0 Å². The van der Waals surface area contributed by atoms with Crippen LogP contribution >= 0.6 is 12.4 Å². The van der Waals surface area contributed by atoms with Crippen LogP contribution in [0.1, 0.15) is 31.7 Å². The van der Waals surface area contributed by atoms with Gasteiger partial charge >= 0.3 is 0 Å². The minimum absolute atomic E-state index is 0. The van der Waals surface area contributed by atoms with Gasteiger partial charge in [0.2, 0.25) is 11.8 Å². The van der Waals surface area contributed by atoms with Crippen molar-refractivity contribution >= 4 is 29.9 Å². The molecule has 0 bridgehead atoms. The van der Waals surface area contributed by atoms with Crippen molar-refractivity contribution in [2.24, 2.45) is 5.92 Å². The first-order chi connectivity index (χ1) is 11.2. The molecular formula is C18H28ClN3O2. The van der Waals surface area contributed by atoms with E-state index >= 15 is 0 Å². The van der Waals surface area contributed by atoms with Crippen molar-refractivity contribution in [3.05, 3.63) is 29.8 Å². The van der Waals surface area contributed by atoms with E-state index in [0.29, 0.717) is 19.5 Å². The highest BCUT2D eigenvalue weighted by Gasteiger charge is 2.34. The monoisotopic (exact) mass is 353 g/mol. The Labute approximate surface area is 150 Å². The van der Waals surface area contributed by atoms with E-state index in [9.17, 15) is 9.59 Å². The molecule has 2 amide bonds. The maximum Gasteiger partial charge on any atom is 0.227 e. The summed E-state index contributed by atoms with van der Waals surface area (Å²) < 4.78 is 0. The third-order valence-electron chi connectivity index (χ3n) is 4.24. The zero-order valence-electron chi connectivity index (χ0n) is 14.5. The lowest BCUT2D eigenvalue weighted by Gasteiger charge is -2.17. The maximum atomic E-state index is 12.2. The molecule has 1 saturated heterocycles. The Morgan fingerprint density at radius 1 is 1.25 bits per heavy atom. The number of likely N-dealkylation sites (N-methyl/N-ethyl adjacent to an activating group) is 1. The number of carbonyl (C=O) groups excluding carboxylic acids is 2. The molecule has 2 rings (SSSR count). The first-order valence-corrected chi connectivity index (χ1v) is 8.47. The Morgan fingerprint density at radius 3 is 2.58 bits per heavy atom. The van der Waals surface area contributed by atoms with Crippen LogP contribution in [-0.4, -0.2) is 38.5 Å². The molecule has 1 unspecified atom stereocenters. The number of amides is 2. The Kier molecular flexibility index (Phi) is 8.79. The highest BCUT2D eigenvalue weighted by Crippen LogP contribution is 2.25. The second-order valence-electron chi connectivity index (χ2n) is 6.07. The van der Waals surface area contributed by atoms with E-state index in [4.69, 9.17) is 0 Å². The van der Waals surface area contributed by atoms with E-state index in [-0.39, 0.29) is 30.1 Å². The average Bonchev–Trinajstić information content (AvgIpc) is 2.95. The summed E-state index contributed by atoms with van der Waals surface area (Å²) >= 11 is 0. The molecule has 1 fully saturated rings. The number of halogens is 1. The predicted molar refractivity (Wildman–Crippen MR) is 99.7 cm³/mol. The van der Waals surface area contributed by atoms with E-state index in [2.05, 4.69) is 29.7 Å². The van der Waals surface area contributed by atoms with Gasteiger partial charge in [0.25, 0.3) is 0 Å². The summed E-state index contributed by atoms with van der Waals surface area (Å²) in [6, 6.07) is 8.14. The van der Waals surface area contributed by atoms with Crippen LogP contribution in [0.15, 0.2) is 24.3 Å². The molecule has 5 nitrogen and oxygen atoms in total. The van der Waals surface area contributed by atoms with E-state index < -0.39 is 0 Å². The molecule has 0 saturated carbocycles. The smallest absolute Gasteiger partial charge is 0.227 e. The Morgan fingerprint density at radius 2 is 1.96 bits per heavy atom. The van der Waals surface area contributed by atoms with E-state index in [1.54, 1.807) is 4.90 Å². The molecule has 1 atom stereocenters. The van der Waals surface area contributed by atoms with Gasteiger partial charge < -0.3 is 15.5 Å². The van der Waals surface area contributed by atoms with Crippen LogP contribution in [0.3, 0.4) is 0 Å². The molecule has 1 aromatic rings. The Bertz CT molecular complexity index is 534. The summed E-state index contributed by atoms with van der Waals surface area (Å²) in [5.41, 5.74) is 2.18. The number of hydrogen-bond acceptors (Lipinski definition) is 3. The molecule has 0 aromatic heterocycles. The molecule has 1 aliphatic heterocycles. The molecule has 1 aliphatic rings. The summed E-state index contributed by atoms with van der Waals surface area (Å²) in [4.78, 5) is 26.0. The minimum atomic E-state index is -0.251. The van der Waals surface area contributed by atoms with Gasteiger partial charge in [-0.05, 0) is 37.6 Å². The SMILES string of the molecule is CCCCc1ccc(N2CC(C(=O)NCCNC)CC2=O)cc1.Cl. The van der Waals surface area contributed by atoms with Gasteiger partial charge in [0.1, 0.15) is 0 Å². The zero-order valence-corrected chi connectivity index (χ0v) is 15.3. The first-order valence-electron chi connectivity index (χ1n) is 8.47. The van der Waals surface area contributed by atoms with Crippen molar-refractivity contribution in [2.45, 2.75) is 32.6 Å². The van der Waals surface area contributed by atoms with Crippen LogP contribution in [0.4, 0.5) is 5.69 Å². The van der Waals surface area contributed by atoms with E-state index in [1.807, 2.05) is 19.2 Å². The molecule has 0 spiro atoms. The second-order valence-corrected chi connectivity index (χ2v) is 6.07. The van der Waals surface area contributed by atoms with Crippen LogP contribution in [0.25, 0.3) is 0 Å². The number of nitrogens with zero attached hydrogens (tertiary/aromatic N) is 1. The van der Waals surface area contributed by atoms with Crippen LogP contribution in [-0.2, 0) is 16.0 Å². The van der Waals surface area contributed by atoms with Crippen molar-refractivity contribution in [3.63, 3.8) is 0 Å². The minimum Gasteiger partial charge on any atom is -0.355 e. The fourth-order valence-electron chi connectivity index (χ4n) is 2.81. The maximum absolute atomic E-state index is 12.2. The van der Waals surface area contributed by atoms with Gasteiger partial charge in [-0.15, -0.1) is 12.4 Å². The van der Waals surface area contributed by atoms with Crippen molar-refractivity contribution in [3.8, 4) is 0 Å². The predicted octanol–water partition coefficient (Wildman–Crippen LogP) is 2.14.